The Morgan fingerprint density at radius 3 is 1.80 bits per heavy atom. The van der Waals surface area contributed by atoms with Crippen LogP contribution in [0.25, 0.3) is 82.8 Å². The molecule has 0 spiro atoms. The maximum absolute atomic E-state index is 6.20. The quantitative estimate of drug-likeness (QED) is 0.0946. The molecule has 4 nitrogen and oxygen atoms in total. The summed E-state index contributed by atoms with van der Waals surface area (Å²) in [6.45, 7) is 10.6. The molecule has 61 heavy (non-hydrogen) atoms. The number of nitrogens with zero attached hydrogens (tertiary/aromatic N) is 2. The number of hydrogen-bond donors (Lipinski definition) is 2. The number of benzene rings is 5. The predicted molar refractivity (Wildman–Crippen MR) is 287 cm³/mol. The van der Waals surface area contributed by atoms with E-state index < -0.39 is 0 Å². The SMILES string of the molecule is C=C/C(=C\C(=C/C)c1ccc2c(c1)c1cc3c4c(c1n2C(/C=C\N)=C/CC)CCc1cc2c5cc(-c6cccc(SI)c6)ccc5n(C(/C=C\N)=C/CC)c2c(c1-4)CC3)SI. The lowest BCUT2D eigenvalue weighted by molar-refractivity contribution is 0.884. The lowest BCUT2D eigenvalue weighted by atomic mass is 9.74. The van der Waals surface area contributed by atoms with E-state index >= 15 is 0 Å². The van der Waals surface area contributed by atoms with Gasteiger partial charge in [0.15, 0.2) is 0 Å². The summed E-state index contributed by atoms with van der Waals surface area (Å²) < 4.78 is 4.99. The van der Waals surface area contributed by atoms with Crippen molar-refractivity contribution in [2.24, 2.45) is 11.5 Å². The third-order valence-electron chi connectivity index (χ3n) is 12.4. The molecule has 7 aromatic rings. The van der Waals surface area contributed by atoms with E-state index in [9.17, 15) is 0 Å². The maximum atomic E-state index is 6.20. The second-order valence-corrected chi connectivity index (χ2v) is 19.6. The van der Waals surface area contributed by atoms with E-state index in [0.717, 1.165) is 54.8 Å². The molecule has 0 fully saturated rings. The lowest BCUT2D eigenvalue weighted by Crippen LogP contribution is -2.16. The zero-order valence-electron chi connectivity index (χ0n) is 34.7. The van der Waals surface area contributed by atoms with Crippen LogP contribution < -0.4 is 11.5 Å². The van der Waals surface area contributed by atoms with Gasteiger partial charge in [-0.2, -0.15) is 0 Å². The highest BCUT2D eigenvalue weighted by molar-refractivity contribution is 14.2. The number of halogens is 2. The highest BCUT2D eigenvalue weighted by Gasteiger charge is 2.33. The fourth-order valence-corrected chi connectivity index (χ4v) is 12.2. The second kappa shape index (κ2) is 17.8. The normalized spacial score (nSPS) is 14.8. The molecule has 2 aromatic heterocycles. The molecule has 0 aliphatic heterocycles. The molecule has 0 bridgehead atoms. The fourth-order valence-electron chi connectivity index (χ4n) is 9.96. The molecule has 0 saturated carbocycles. The molecule has 4 N–H and O–H groups in total. The van der Waals surface area contributed by atoms with Gasteiger partial charge in [-0.05, 0) is 180 Å². The van der Waals surface area contributed by atoms with Gasteiger partial charge in [-0.25, -0.2) is 0 Å². The van der Waals surface area contributed by atoms with Crippen molar-refractivity contribution in [3.05, 3.63) is 167 Å². The van der Waals surface area contributed by atoms with Gasteiger partial charge < -0.3 is 20.6 Å². The van der Waals surface area contributed by atoms with Gasteiger partial charge in [0.05, 0.1) is 22.1 Å². The first-order chi connectivity index (χ1) is 29.9. The van der Waals surface area contributed by atoms with Crippen molar-refractivity contribution in [2.75, 3.05) is 0 Å². The van der Waals surface area contributed by atoms with Crippen LogP contribution in [0.3, 0.4) is 0 Å². The molecule has 0 unspecified atom stereocenters. The first kappa shape index (κ1) is 42.0. The van der Waals surface area contributed by atoms with E-state index in [0.29, 0.717) is 0 Å². The van der Waals surface area contributed by atoms with Crippen LogP contribution in [-0.4, -0.2) is 9.13 Å². The van der Waals surface area contributed by atoms with Crippen LogP contribution in [0.1, 0.15) is 61.4 Å². The molecule has 0 saturated heterocycles. The standard InChI is InChI=1S/C53H48I2N4S2/c1-5-10-38(22-24-56)58-48-20-16-34(32(7-3)26-40(8-4)60-54)28-44(48)46-30-36-14-19-43-51-37(15-18-42(50(36)51)52(46)58)31-47-45-29-35(33-12-9-13-41(27-33)61-55)17-21-49(45)59(53(43)47)39(11-6-2)23-25-57/h7-13,16-17,20-31H,4-6,14-15,18-19,56-57H2,1-3H3/b24-22-,25-23-,32-7+,38-10+,39-11+,40-26+. The Morgan fingerprint density at radius 1 is 0.705 bits per heavy atom. The van der Waals surface area contributed by atoms with Crippen LogP contribution >= 0.6 is 60.3 Å². The summed E-state index contributed by atoms with van der Waals surface area (Å²) >= 11 is 4.71. The molecular weight excluding hydrogens is 1010 g/mol. The fraction of sp³-hybridized carbons (Fsp3) is 0.170. The molecule has 9 rings (SSSR count). The van der Waals surface area contributed by atoms with Crippen LogP contribution in [0.2, 0.25) is 0 Å². The number of fused-ring (bicyclic) bond motifs is 8. The number of aryl methyl sites for hydroxylation is 4. The van der Waals surface area contributed by atoms with E-state index in [1.807, 2.05) is 6.08 Å². The molecule has 5 aromatic carbocycles. The molecular formula is C53H48I2N4S2. The number of aromatic nitrogens is 2. The van der Waals surface area contributed by atoms with Gasteiger partial charge in [-0.15, -0.1) is 0 Å². The van der Waals surface area contributed by atoms with Gasteiger partial charge in [0.2, 0.25) is 0 Å². The van der Waals surface area contributed by atoms with E-state index in [1.165, 1.54) is 104 Å². The van der Waals surface area contributed by atoms with Gasteiger partial charge in [0.1, 0.15) is 0 Å². The lowest BCUT2D eigenvalue weighted by Gasteiger charge is -2.31. The van der Waals surface area contributed by atoms with Crippen LogP contribution in [0.5, 0.6) is 0 Å². The van der Waals surface area contributed by atoms with E-state index in [2.05, 4.69) is 188 Å². The Hall–Kier alpha value is -4.36. The van der Waals surface area contributed by atoms with Crippen LogP contribution in [0.15, 0.2) is 144 Å². The molecule has 2 aliphatic carbocycles. The van der Waals surface area contributed by atoms with Crippen LogP contribution in [0.4, 0.5) is 0 Å². The Labute approximate surface area is 391 Å². The summed E-state index contributed by atoms with van der Waals surface area (Å²) in [6, 6.07) is 28.0. The van der Waals surface area contributed by atoms with Crippen molar-refractivity contribution in [1.29, 1.82) is 0 Å². The highest BCUT2D eigenvalue weighted by atomic mass is 127. The summed E-state index contributed by atoms with van der Waals surface area (Å²) in [7, 11) is 3.44. The largest absolute Gasteiger partial charge is 0.405 e. The van der Waals surface area contributed by atoms with Gasteiger partial charge in [-0.1, -0.05) is 86.9 Å². The Morgan fingerprint density at radius 2 is 1.28 bits per heavy atom. The van der Waals surface area contributed by atoms with Crippen molar-refractivity contribution in [3.8, 4) is 22.3 Å². The molecule has 0 atom stereocenters. The van der Waals surface area contributed by atoms with E-state index in [-0.39, 0.29) is 0 Å². The first-order valence-electron chi connectivity index (χ1n) is 21.0. The molecule has 2 aliphatic rings. The van der Waals surface area contributed by atoms with Crippen molar-refractivity contribution >= 4 is 121 Å². The smallest absolute Gasteiger partial charge is 0.0579 e. The average Bonchev–Trinajstić information content (AvgIpc) is 3.80. The van der Waals surface area contributed by atoms with Crippen molar-refractivity contribution in [2.45, 2.75) is 64.2 Å². The third kappa shape index (κ3) is 7.15. The zero-order valence-corrected chi connectivity index (χ0v) is 40.6. The molecule has 8 heteroatoms. The summed E-state index contributed by atoms with van der Waals surface area (Å²) in [5, 5.41) is 5.18. The molecule has 2 heterocycles. The minimum Gasteiger partial charge on any atom is -0.405 e. The van der Waals surface area contributed by atoms with E-state index in [4.69, 9.17) is 11.5 Å². The Balaban J connectivity index is 1.36. The Kier molecular flexibility index (Phi) is 12.2. The number of allylic oxidation sites excluding steroid dienone is 10. The van der Waals surface area contributed by atoms with Gasteiger partial charge in [-0.3, -0.25) is 0 Å². The zero-order chi connectivity index (χ0) is 42.4. The van der Waals surface area contributed by atoms with E-state index in [1.54, 1.807) is 30.3 Å². The minimum absolute atomic E-state index is 0.899. The predicted octanol–water partition coefficient (Wildman–Crippen LogP) is 15.9. The summed E-state index contributed by atoms with van der Waals surface area (Å²) in [6.07, 6.45) is 24.2. The summed E-state index contributed by atoms with van der Waals surface area (Å²) in [5.41, 5.74) is 33.1. The third-order valence-corrected chi connectivity index (χ3v) is 16.3. The number of rotatable bonds is 12. The first-order valence-corrected chi connectivity index (χ1v) is 27.8. The minimum atomic E-state index is 0.899. The van der Waals surface area contributed by atoms with Crippen LogP contribution in [0, 0.1) is 0 Å². The van der Waals surface area contributed by atoms with Gasteiger partial charge >= 0.3 is 0 Å². The Bertz CT molecular complexity index is 3130. The van der Waals surface area contributed by atoms with Crippen molar-refractivity contribution in [3.63, 3.8) is 0 Å². The summed E-state index contributed by atoms with van der Waals surface area (Å²) in [5.74, 6) is 0. The summed E-state index contributed by atoms with van der Waals surface area (Å²) in [4.78, 5) is 2.39. The second-order valence-electron chi connectivity index (χ2n) is 15.7. The van der Waals surface area contributed by atoms with Crippen LogP contribution in [-0.2, 0) is 25.7 Å². The molecule has 306 valence electrons. The van der Waals surface area contributed by atoms with Gasteiger partial charge in [0, 0.05) is 85.2 Å². The topological polar surface area (TPSA) is 61.9 Å². The highest BCUT2D eigenvalue weighted by Crippen LogP contribution is 2.52. The number of hydrogen-bond acceptors (Lipinski definition) is 4. The van der Waals surface area contributed by atoms with Gasteiger partial charge in [0.25, 0.3) is 0 Å². The average molecular weight is 1060 g/mol. The number of nitrogens with two attached hydrogens (primary N) is 2. The maximum Gasteiger partial charge on any atom is 0.0579 e. The molecule has 0 radical (unpaired) electrons. The molecule has 0 amide bonds. The monoisotopic (exact) mass is 1060 g/mol. The van der Waals surface area contributed by atoms with Crippen molar-refractivity contribution in [1.82, 2.24) is 9.13 Å². The van der Waals surface area contributed by atoms with Crippen molar-refractivity contribution < 1.29 is 0 Å².